The molecule has 0 aliphatic rings. The first-order chi connectivity index (χ1) is 14.3. The largest absolute Gasteiger partial charge is 0.480 e. The van der Waals surface area contributed by atoms with Gasteiger partial charge in [-0.25, -0.2) is 4.79 Å². The first kappa shape index (κ1) is 31.0. The Kier molecular flexibility index (Phi) is 23.2. The topological polar surface area (TPSA) is 122 Å². The van der Waals surface area contributed by atoms with E-state index in [2.05, 4.69) is 6.92 Å². The molecule has 4 N–H and O–H groups in total. The molecule has 0 aromatic carbocycles. The first-order valence-electron chi connectivity index (χ1n) is 11.4. The van der Waals surface area contributed by atoms with Crippen LogP contribution in [0.5, 0.6) is 0 Å². The van der Waals surface area contributed by atoms with Crippen molar-refractivity contribution >= 4 is 11.9 Å². The van der Waals surface area contributed by atoms with Crippen LogP contribution in [-0.4, -0.2) is 94.6 Å². The minimum absolute atomic E-state index is 0.0668. The number of nitrogens with zero attached hydrogens (tertiary/aromatic N) is 2. The summed E-state index contributed by atoms with van der Waals surface area (Å²) in [5.41, 5.74) is 0. The van der Waals surface area contributed by atoms with Crippen LogP contribution in [0.2, 0.25) is 0 Å². The summed E-state index contributed by atoms with van der Waals surface area (Å²) in [4.78, 5) is 25.7. The number of hydrogen-bond donors (Lipinski definition) is 4. The molecule has 1 atom stereocenters. The number of hydrogen-bond acceptors (Lipinski definition) is 6. The van der Waals surface area contributed by atoms with Crippen LogP contribution < -0.4 is 0 Å². The summed E-state index contributed by atoms with van der Waals surface area (Å²) in [6.45, 7) is 5.51. The van der Waals surface area contributed by atoms with Gasteiger partial charge in [0.15, 0.2) is 0 Å². The van der Waals surface area contributed by atoms with E-state index in [1.54, 1.807) is 11.9 Å². The van der Waals surface area contributed by atoms with Gasteiger partial charge in [0.05, 0.1) is 19.8 Å². The van der Waals surface area contributed by atoms with Gasteiger partial charge in [0.2, 0.25) is 5.91 Å². The van der Waals surface area contributed by atoms with E-state index in [1.807, 2.05) is 0 Å². The molecule has 0 saturated carbocycles. The van der Waals surface area contributed by atoms with Crippen molar-refractivity contribution in [3.8, 4) is 0 Å². The Bertz CT molecular complexity index is 395. The standard InChI is InChI=1S/C16H31NO3.C6H15NO3/c1-4-5-6-7-8-9-10-11-12-13-15(18)17(3)14(2)16(19)20;8-4-1-7(2-5-9)3-6-10/h14H,4-13H2,1-3H3,(H,19,20);8-10H,1-6H2/t14-;/m0./s1. The van der Waals surface area contributed by atoms with E-state index in [-0.39, 0.29) is 25.7 Å². The van der Waals surface area contributed by atoms with Gasteiger partial charge in [0, 0.05) is 33.1 Å². The third kappa shape index (κ3) is 18.8. The Morgan fingerprint density at radius 2 is 1.17 bits per heavy atom. The van der Waals surface area contributed by atoms with E-state index >= 15 is 0 Å². The normalized spacial score (nSPS) is 11.7. The van der Waals surface area contributed by atoms with Crippen LogP contribution >= 0.6 is 0 Å². The summed E-state index contributed by atoms with van der Waals surface area (Å²) >= 11 is 0. The molecule has 0 unspecified atom stereocenters. The van der Waals surface area contributed by atoms with Gasteiger partial charge in [0.25, 0.3) is 0 Å². The fourth-order valence-electron chi connectivity index (χ4n) is 2.90. The first-order valence-corrected chi connectivity index (χ1v) is 11.4. The van der Waals surface area contributed by atoms with Gasteiger partial charge in [-0.3, -0.25) is 9.69 Å². The van der Waals surface area contributed by atoms with E-state index in [1.165, 1.54) is 56.8 Å². The second-order valence-electron chi connectivity index (χ2n) is 7.61. The van der Waals surface area contributed by atoms with Gasteiger partial charge in [-0.1, -0.05) is 58.3 Å². The third-order valence-corrected chi connectivity index (χ3v) is 5.07. The summed E-state index contributed by atoms with van der Waals surface area (Å²) in [5.74, 6) is -1.02. The van der Waals surface area contributed by atoms with Gasteiger partial charge in [-0.05, 0) is 13.3 Å². The Balaban J connectivity index is 0. The molecule has 0 aliphatic carbocycles. The molecule has 0 aromatic heterocycles. The lowest BCUT2D eigenvalue weighted by molar-refractivity contribution is -0.148. The quantitative estimate of drug-likeness (QED) is 0.244. The van der Waals surface area contributed by atoms with Gasteiger partial charge >= 0.3 is 5.97 Å². The average Bonchev–Trinajstić information content (AvgIpc) is 2.72. The van der Waals surface area contributed by atoms with E-state index in [9.17, 15) is 9.59 Å². The average molecular weight is 435 g/mol. The predicted molar refractivity (Wildman–Crippen MR) is 119 cm³/mol. The minimum atomic E-state index is -0.951. The zero-order valence-corrected chi connectivity index (χ0v) is 19.4. The van der Waals surface area contributed by atoms with Crippen molar-refractivity contribution in [1.29, 1.82) is 0 Å². The molecule has 0 saturated heterocycles. The number of aliphatic carboxylic acids is 1. The highest BCUT2D eigenvalue weighted by Crippen LogP contribution is 2.11. The van der Waals surface area contributed by atoms with Gasteiger partial charge in [-0.15, -0.1) is 0 Å². The van der Waals surface area contributed by atoms with E-state index in [0.29, 0.717) is 26.1 Å². The maximum Gasteiger partial charge on any atom is 0.326 e. The van der Waals surface area contributed by atoms with Crippen LogP contribution in [0.25, 0.3) is 0 Å². The molecular weight excluding hydrogens is 388 g/mol. The molecule has 0 bridgehead atoms. The minimum Gasteiger partial charge on any atom is -0.480 e. The van der Waals surface area contributed by atoms with Crippen LogP contribution in [0.15, 0.2) is 0 Å². The molecule has 8 nitrogen and oxygen atoms in total. The van der Waals surface area contributed by atoms with Crippen LogP contribution in [0.3, 0.4) is 0 Å². The summed E-state index contributed by atoms with van der Waals surface area (Å²) in [7, 11) is 1.56. The van der Waals surface area contributed by atoms with Crippen molar-refractivity contribution in [2.24, 2.45) is 0 Å². The molecule has 0 heterocycles. The van der Waals surface area contributed by atoms with Crippen molar-refractivity contribution in [2.45, 2.75) is 84.1 Å². The number of carbonyl (C=O) groups is 2. The number of aliphatic hydroxyl groups is 3. The maximum atomic E-state index is 11.8. The van der Waals surface area contributed by atoms with Crippen molar-refractivity contribution in [3.63, 3.8) is 0 Å². The number of carboxylic acid groups (broad SMARTS) is 1. The smallest absolute Gasteiger partial charge is 0.326 e. The van der Waals surface area contributed by atoms with Crippen molar-refractivity contribution in [3.05, 3.63) is 0 Å². The second kappa shape index (κ2) is 22.5. The highest BCUT2D eigenvalue weighted by atomic mass is 16.4. The summed E-state index contributed by atoms with van der Waals surface area (Å²) in [6, 6.07) is -0.735. The molecule has 0 spiro atoms. The monoisotopic (exact) mass is 434 g/mol. The number of unbranched alkanes of at least 4 members (excludes halogenated alkanes) is 8. The Morgan fingerprint density at radius 3 is 1.53 bits per heavy atom. The van der Waals surface area contributed by atoms with E-state index in [0.717, 1.165) is 12.8 Å². The highest BCUT2D eigenvalue weighted by Gasteiger charge is 2.20. The fraction of sp³-hybridized carbons (Fsp3) is 0.909. The Hall–Kier alpha value is -1.22. The number of carboxylic acids is 1. The summed E-state index contributed by atoms with van der Waals surface area (Å²) < 4.78 is 0. The van der Waals surface area contributed by atoms with Gasteiger partial charge in [-0.2, -0.15) is 0 Å². The highest BCUT2D eigenvalue weighted by molar-refractivity contribution is 5.83. The zero-order valence-electron chi connectivity index (χ0n) is 19.4. The van der Waals surface area contributed by atoms with Crippen LogP contribution in [0, 0.1) is 0 Å². The predicted octanol–water partition coefficient (Wildman–Crippen LogP) is 2.10. The zero-order chi connectivity index (χ0) is 23.2. The molecule has 0 fully saturated rings. The lowest BCUT2D eigenvalue weighted by Gasteiger charge is -2.21. The summed E-state index contributed by atoms with van der Waals surface area (Å²) in [6.07, 6.45) is 11.4. The lowest BCUT2D eigenvalue weighted by Crippen LogP contribution is -2.40. The Morgan fingerprint density at radius 1 is 0.767 bits per heavy atom. The molecule has 0 aliphatic heterocycles. The lowest BCUT2D eigenvalue weighted by atomic mass is 10.1. The number of rotatable bonds is 18. The van der Waals surface area contributed by atoms with Crippen LogP contribution in [0.1, 0.15) is 78.1 Å². The van der Waals surface area contributed by atoms with Crippen molar-refractivity contribution in [1.82, 2.24) is 9.80 Å². The van der Waals surface area contributed by atoms with Gasteiger partial charge < -0.3 is 25.3 Å². The number of amides is 1. The fourth-order valence-corrected chi connectivity index (χ4v) is 2.90. The van der Waals surface area contributed by atoms with Crippen molar-refractivity contribution < 1.29 is 30.0 Å². The molecular formula is C22H46N2O6. The van der Waals surface area contributed by atoms with Crippen molar-refractivity contribution in [2.75, 3.05) is 46.5 Å². The maximum absolute atomic E-state index is 11.8. The molecule has 8 heteroatoms. The Labute approximate surface area is 182 Å². The number of likely N-dealkylation sites (N-methyl/N-ethyl adjacent to an activating group) is 1. The third-order valence-electron chi connectivity index (χ3n) is 5.07. The molecule has 30 heavy (non-hydrogen) atoms. The molecule has 1 amide bonds. The second-order valence-corrected chi connectivity index (χ2v) is 7.61. The number of aliphatic hydroxyl groups excluding tert-OH is 3. The van der Waals surface area contributed by atoms with Gasteiger partial charge in [0.1, 0.15) is 6.04 Å². The number of carbonyl (C=O) groups excluding carboxylic acids is 1. The van der Waals surface area contributed by atoms with Crippen LogP contribution in [-0.2, 0) is 9.59 Å². The van der Waals surface area contributed by atoms with Crippen LogP contribution in [0.4, 0.5) is 0 Å². The summed E-state index contributed by atoms with van der Waals surface area (Å²) in [5, 5.41) is 34.3. The SMILES string of the molecule is CCCCCCCCCCCC(=O)N(C)[C@@H](C)C(=O)O.OCCN(CCO)CCO. The molecule has 0 radical (unpaired) electrons. The molecule has 0 aromatic rings. The van der Waals surface area contributed by atoms with E-state index in [4.69, 9.17) is 20.4 Å². The molecule has 180 valence electrons. The molecule has 0 rings (SSSR count). The van der Waals surface area contributed by atoms with E-state index < -0.39 is 12.0 Å².